The van der Waals surface area contributed by atoms with Gasteiger partial charge in [0.25, 0.3) is 11.8 Å². The largest absolute Gasteiger partial charge is 0.476 e. The van der Waals surface area contributed by atoms with Crippen LogP contribution in [0.1, 0.15) is 57.0 Å². The van der Waals surface area contributed by atoms with Gasteiger partial charge in [0.1, 0.15) is 5.75 Å². The van der Waals surface area contributed by atoms with E-state index in [9.17, 15) is 9.59 Å². The van der Waals surface area contributed by atoms with E-state index in [-0.39, 0.29) is 17.4 Å². The number of hydrogen-bond donors (Lipinski definition) is 1. The van der Waals surface area contributed by atoms with Crippen LogP contribution in [-0.2, 0) is 11.3 Å². The summed E-state index contributed by atoms with van der Waals surface area (Å²) in [6.45, 7) is 9.95. The summed E-state index contributed by atoms with van der Waals surface area (Å²) in [6.07, 6.45) is 0.819. The van der Waals surface area contributed by atoms with Crippen LogP contribution in [0.3, 0.4) is 0 Å². The molecule has 2 aromatic rings. The lowest BCUT2D eigenvalue weighted by Crippen LogP contribution is -2.52. The Balaban J connectivity index is 1.98. The first-order chi connectivity index (χ1) is 13.1. The molecule has 0 unspecified atom stereocenters. The van der Waals surface area contributed by atoms with Gasteiger partial charge in [0.2, 0.25) is 0 Å². The zero-order valence-electron chi connectivity index (χ0n) is 17.2. The number of anilines is 1. The maximum atomic E-state index is 13.1. The first-order valence-electron chi connectivity index (χ1n) is 9.64. The zero-order valence-corrected chi connectivity index (χ0v) is 17.2. The molecule has 0 aliphatic carbocycles. The van der Waals surface area contributed by atoms with Crippen LogP contribution in [-0.4, -0.2) is 23.0 Å². The Bertz CT molecular complexity index is 888. The Morgan fingerprint density at radius 1 is 1.14 bits per heavy atom. The van der Waals surface area contributed by atoms with Crippen LogP contribution >= 0.6 is 0 Å². The number of fused-ring (bicyclic) bond motifs is 1. The number of ether oxygens (including phenoxy) is 1. The lowest BCUT2D eigenvalue weighted by molar-refractivity contribution is -0.132. The highest BCUT2D eigenvalue weighted by molar-refractivity contribution is 6.04. The summed E-state index contributed by atoms with van der Waals surface area (Å²) in [5, 5.41) is 3.04. The molecule has 0 atom stereocenters. The maximum absolute atomic E-state index is 13.1. The molecule has 3 rings (SSSR count). The molecule has 28 heavy (non-hydrogen) atoms. The molecule has 5 nitrogen and oxygen atoms in total. The van der Waals surface area contributed by atoms with E-state index in [0.29, 0.717) is 23.5 Å². The van der Waals surface area contributed by atoms with E-state index in [2.05, 4.69) is 5.32 Å². The molecule has 1 N–H and O–H groups in total. The second kappa shape index (κ2) is 7.30. The van der Waals surface area contributed by atoms with Crippen LogP contribution < -0.4 is 15.0 Å². The second-order valence-electron chi connectivity index (χ2n) is 8.36. The molecule has 0 aromatic heterocycles. The molecular formula is C23H28N2O3. The quantitative estimate of drug-likeness (QED) is 0.841. The fourth-order valence-corrected chi connectivity index (χ4v) is 3.10. The van der Waals surface area contributed by atoms with E-state index in [1.807, 2.05) is 51.1 Å². The van der Waals surface area contributed by atoms with Crippen molar-refractivity contribution >= 4 is 17.5 Å². The fraction of sp³-hybridized carbons (Fsp3) is 0.391. The zero-order chi connectivity index (χ0) is 20.5. The number of nitrogens with one attached hydrogen (secondary N) is 1. The Morgan fingerprint density at radius 2 is 1.82 bits per heavy atom. The van der Waals surface area contributed by atoms with Gasteiger partial charge in [-0.25, -0.2) is 0 Å². The average Bonchev–Trinajstić information content (AvgIpc) is 2.65. The minimum Gasteiger partial charge on any atom is -0.476 e. The van der Waals surface area contributed by atoms with E-state index in [4.69, 9.17) is 4.74 Å². The molecule has 0 radical (unpaired) electrons. The maximum Gasteiger partial charge on any atom is 0.271 e. The number of carbonyl (C=O) groups is 2. The molecule has 0 spiro atoms. The van der Waals surface area contributed by atoms with Gasteiger partial charge in [-0.15, -0.1) is 0 Å². The average molecular weight is 380 g/mol. The van der Waals surface area contributed by atoms with E-state index < -0.39 is 5.60 Å². The van der Waals surface area contributed by atoms with Crippen molar-refractivity contribution in [3.63, 3.8) is 0 Å². The van der Waals surface area contributed by atoms with Gasteiger partial charge in [0, 0.05) is 11.1 Å². The van der Waals surface area contributed by atoms with Gasteiger partial charge >= 0.3 is 0 Å². The van der Waals surface area contributed by atoms with Gasteiger partial charge in [0.05, 0.1) is 12.2 Å². The third-order valence-electron chi connectivity index (χ3n) is 5.16. The monoisotopic (exact) mass is 380 g/mol. The number of rotatable bonds is 5. The molecule has 148 valence electrons. The smallest absolute Gasteiger partial charge is 0.271 e. The third-order valence-corrected chi connectivity index (χ3v) is 5.16. The lowest BCUT2D eigenvalue weighted by Gasteiger charge is -2.39. The van der Waals surface area contributed by atoms with Gasteiger partial charge in [-0.05, 0) is 57.9 Å². The molecule has 1 aliphatic heterocycles. The molecule has 5 heteroatoms. The Labute approximate surface area is 166 Å². The molecule has 1 heterocycles. The molecular weight excluding hydrogens is 352 g/mol. The van der Waals surface area contributed by atoms with Crippen LogP contribution in [0.15, 0.2) is 48.5 Å². The van der Waals surface area contributed by atoms with Crippen molar-refractivity contribution in [2.24, 2.45) is 0 Å². The third kappa shape index (κ3) is 4.03. The normalized spacial score (nSPS) is 15.6. The number of benzene rings is 2. The number of carbonyl (C=O) groups excluding carboxylic acids is 2. The molecule has 2 aromatic carbocycles. The summed E-state index contributed by atoms with van der Waals surface area (Å²) in [7, 11) is 0. The second-order valence-corrected chi connectivity index (χ2v) is 8.36. The molecule has 1 aliphatic rings. The van der Waals surface area contributed by atoms with Gasteiger partial charge in [-0.3, -0.25) is 9.59 Å². The van der Waals surface area contributed by atoms with Crippen LogP contribution in [0.2, 0.25) is 0 Å². The highest BCUT2D eigenvalue weighted by Gasteiger charge is 2.41. The van der Waals surface area contributed by atoms with E-state index >= 15 is 0 Å². The number of nitrogens with zero attached hydrogens (tertiary/aromatic N) is 1. The highest BCUT2D eigenvalue weighted by atomic mass is 16.5. The number of hydrogen-bond acceptors (Lipinski definition) is 3. The Kier molecular flexibility index (Phi) is 5.20. The highest BCUT2D eigenvalue weighted by Crippen LogP contribution is 2.39. The predicted molar refractivity (Wildman–Crippen MR) is 111 cm³/mol. The number of amides is 2. The van der Waals surface area contributed by atoms with Crippen LogP contribution in [0.5, 0.6) is 5.75 Å². The van der Waals surface area contributed by atoms with Crippen molar-refractivity contribution in [3.8, 4) is 5.75 Å². The molecule has 2 amide bonds. The van der Waals surface area contributed by atoms with Crippen molar-refractivity contribution in [1.82, 2.24) is 5.32 Å². The van der Waals surface area contributed by atoms with Crippen molar-refractivity contribution in [2.75, 3.05) is 4.90 Å². The lowest BCUT2D eigenvalue weighted by atomic mass is 9.99. The van der Waals surface area contributed by atoms with Gasteiger partial charge in [-0.1, -0.05) is 37.3 Å². The summed E-state index contributed by atoms with van der Waals surface area (Å²) in [5.74, 6) is 0.314. The van der Waals surface area contributed by atoms with Crippen molar-refractivity contribution in [3.05, 3.63) is 59.7 Å². The molecule has 0 fully saturated rings. The predicted octanol–water partition coefficient (Wildman–Crippen LogP) is 4.31. The first kappa shape index (κ1) is 19.9. The summed E-state index contributed by atoms with van der Waals surface area (Å²) in [5.41, 5.74) is 0.881. The van der Waals surface area contributed by atoms with Crippen molar-refractivity contribution < 1.29 is 14.3 Å². The Hall–Kier alpha value is -2.82. The van der Waals surface area contributed by atoms with E-state index in [0.717, 1.165) is 12.0 Å². The minimum atomic E-state index is -0.963. The Morgan fingerprint density at radius 3 is 2.46 bits per heavy atom. The molecule has 0 bridgehead atoms. The minimum absolute atomic E-state index is 0.129. The summed E-state index contributed by atoms with van der Waals surface area (Å²) in [6, 6.07) is 15.1. The van der Waals surface area contributed by atoms with Crippen molar-refractivity contribution in [2.45, 2.75) is 58.7 Å². The standard InChI is InChI=1S/C23H28N2O3/c1-6-22(2,3)24-20(26)17-12-13-19-18(14-17)25(21(27)23(4,5)28-19)15-16-10-8-7-9-11-16/h7-14H,6,15H2,1-5H3,(H,24,26). The fourth-order valence-electron chi connectivity index (χ4n) is 3.10. The van der Waals surface area contributed by atoms with Crippen LogP contribution in [0.25, 0.3) is 0 Å². The van der Waals surface area contributed by atoms with E-state index in [1.165, 1.54) is 0 Å². The summed E-state index contributed by atoms with van der Waals surface area (Å²) < 4.78 is 5.93. The van der Waals surface area contributed by atoms with Gasteiger partial charge in [-0.2, -0.15) is 0 Å². The van der Waals surface area contributed by atoms with Crippen molar-refractivity contribution in [1.29, 1.82) is 0 Å². The molecule has 0 saturated heterocycles. The van der Waals surface area contributed by atoms with Crippen LogP contribution in [0.4, 0.5) is 5.69 Å². The summed E-state index contributed by atoms with van der Waals surface area (Å²) in [4.78, 5) is 27.5. The van der Waals surface area contributed by atoms with Gasteiger partial charge < -0.3 is 15.0 Å². The van der Waals surface area contributed by atoms with Crippen LogP contribution in [0, 0.1) is 0 Å². The topological polar surface area (TPSA) is 58.6 Å². The van der Waals surface area contributed by atoms with E-state index in [1.54, 1.807) is 36.9 Å². The summed E-state index contributed by atoms with van der Waals surface area (Å²) >= 11 is 0. The SMILES string of the molecule is CCC(C)(C)NC(=O)c1ccc2c(c1)N(Cc1ccccc1)C(=O)C(C)(C)O2. The van der Waals surface area contributed by atoms with Gasteiger partial charge in [0.15, 0.2) is 5.60 Å². The first-order valence-corrected chi connectivity index (χ1v) is 9.64. The molecule has 0 saturated carbocycles.